The number of likely N-dealkylation sites (tertiary alicyclic amines) is 1. The standard InChI is InChI=1S/C15H21N3/c1-12(10-16)18-8-6-15(7-9-18)14-4-2-13(11-17)3-5-14/h2-5,12,15H,6-10,16H2,1H3. The second-order valence-electron chi connectivity index (χ2n) is 5.13. The van der Waals surface area contributed by atoms with Gasteiger partial charge in [-0.25, -0.2) is 0 Å². The van der Waals surface area contributed by atoms with Gasteiger partial charge < -0.3 is 5.73 Å². The van der Waals surface area contributed by atoms with Crippen LogP contribution in [0.1, 0.15) is 36.8 Å². The smallest absolute Gasteiger partial charge is 0.0991 e. The van der Waals surface area contributed by atoms with Crippen LogP contribution in [0.4, 0.5) is 0 Å². The first kappa shape index (κ1) is 13.1. The highest BCUT2D eigenvalue weighted by molar-refractivity contribution is 5.33. The van der Waals surface area contributed by atoms with Gasteiger partial charge in [0.1, 0.15) is 0 Å². The van der Waals surface area contributed by atoms with Crippen LogP contribution in [0.25, 0.3) is 0 Å². The molecule has 0 amide bonds. The lowest BCUT2D eigenvalue weighted by molar-refractivity contribution is 0.165. The summed E-state index contributed by atoms with van der Waals surface area (Å²) in [5.41, 5.74) is 7.82. The van der Waals surface area contributed by atoms with E-state index < -0.39 is 0 Å². The Morgan fingerprint density at radius 1 is 1.33 bits per heavy atom. The van der Waals surface area contributed by atoms with Gasteiger partial charge in [-0.1, -0.05) is 12.1 Å². The molecule has 3 nitrogen and oxygen atoms in total. The summed E-state index contributed by atoms with van der Waals surface area (Å²) < 4.78 is 0. The third-order valence-corrected chi connectivity index (χ3v) is 4.01. The van der Waals surface area contributed by atoms with Crippen molar-refractivity contribution in [1.82, 2.24) is 4.90 Å². The zero-order valence-electron chi connectivity index (χ0n) is 11.0. The number of piperidine rings is 1. The molecule has 0 bridgehead atoms. The summed E-state index contributed by atoms with van der Waals surface area (Å²) in [6, 6.07) is 10.7. The van der Waals surface area contributed by atoms with Gasteiger partial charge in [0.2, 0.25) is 0 Å². The van der Waals surface area contributed by atoms with Gasteiger partial charge in [-0.3, -0.25) is 4.90 Å². The molecule has 1 atom stereocenters. The molecule has 1 aromatic carbocycles. The molecule has 0 aromatic heterocycles. The molecular formula is C15H21N3. The highest BCUT2D eigenvalue weighted by Gasteiger charge is 2.22. The topological polar surface area (TPSA) is 53.0 Å². The van der Waals surface area contributed by atoms with E-state index in [2.05, 4.69) is 30.0 Å². The number of hydrogen-bond acceptors (Lipinski definition) is 3. The van der Waals surface area contributed by atoms with Crippen molar-refractivity contribution in [2.45, 2.75) is 31.7 Å². The van der Waals surface area contributed by atoms with Crippen molar-refractivity contribution in [2.24, 2.45) is 5.73 Å². The van der Waals surface area contributed by atoms with E-state index >= 15 is 0 Å². The van der Waals surface area contributed by atoms with Crippen LogP contribution in [0, 0.1) is 11.3 Å². The third kappa shape index (κ3) is 2.90. The fourth-order valence-electron chi connectivity index (χ4n) is 2.65. The third-order valence-electron chi connectivity index (χ3n) is 4.01. The lowest BCUT2D eigenvalue weighted by Crippen LogP contribution is -2.43. The largest absolute Gasteiger partial charge is 0.329 e. The Morgan fingerprint density at radius 2 is 1.94 bits per heavy atom. The van der Waals surface area contributed by atoms with Crippen LogP contribution in [0.2, 0.25) is 0 Å². The molecule has 0 spiro atoms. The Kier molecular flexibility index (Phi) is 4.35. The fraction of sp³-hybridized carbons (Fsp3) is 0.533. The van der Waals surface area contributed by atoms with Crippen molar-refractivity contribution >= 4 is 0 Å². The maximum absolute atomic E-state index is 8.79. The molecule has 1 unspecified atom stereocenters. The number of nitrogens with two attached hydrogens (primary N) is 1. The van der Waals surface area contributed by atoms with Crippen LogP contribution in [-0.2, 0) is 0 Å². The maximum Gasteiger partial charge on any atom is 0.0991 e. The van der Waals surface area contributed by atoms with Gasteiger partial charge in [-0.2, -0.15) is 5.26 Å². The number of rotatable bonds is 3. The molecule has 1 aromatic rings. The van der Waals surface area contributed by atoms with E-state index in [-0.39, 0.29) is 0 Å². The first-order valence-electron chi connectivity index (χ1n) is 6.68. The molecule has 3 heteroatoms. The lowest BCUT2D eigenvalue weighted by atomic mass is 9.88. The summed E-state index contributed by atoms with van der Waals surface area (Å²) in [4.78, 5) is 2.47. The second-order valence-corrected chi connectivity index (χ2v) is 5.13. The Morgan fingerprint density at radius 3 is 2.44 bits per heavy atom. The highest BCUT2D eigenvalue weighted by Crippen LogP contribution is 2.28. The Balaban J connectivity index is 1.95. The van der Waals surface area contributed by atoms with Crippen molar-refractivity contribution in [3.63, 3.8) is 0 Å². The summed E-state index contributed by atoms with van der Waals surface area (Å²) in [5, 5.41) is 8.79. The molecule has 0 radical (unpaired) electrons. The van der Waals surface area contributed by atoms with Gasteiger partial charge >= 0.3 is 0 Å². The number of hydrogen-bond donors (Lipinski definition) is 1. The summed E-state index contributed by atoms with van der Waals surface area (Å²) in [6.07, 6.45) is 2.38. The monoisotopic (exact) mass is 243 g/mol. The molecular weight excluding hydrogens is 222 g/mol. The van der Waals surface area contributed by atoms with Crippen molar-refractivity contribution in [3.05, 3.63) is 35.4 Å². The van der Waals surface area contributed by atoms with Crippen molar-refractivity contribution < 1.29 is 0 Å². The summed E-state index contributed by atoms with van der Waals surface area (Å²) in [6.45, 7) is 5.19. The van der Waals surface area contributed by atoms with E-state index in [0.717, 1.165) is 25.2 Å². The van der Waals surface area contributed by atoms with E-state index in [9.17, 15) is 0 Å². The van der Waals surface area contributed by atoms with Crippen LogP contribution < -0.4 is 5.73 Å². The van der Waals surface area contributed by atoms with Gasteiger partial charge in [-0.05, 0) is 56.5 Å². The van der Waals surface area contributed by atoms with Crippen molar-refractivity contribution in [2.75, 3.05) is 19.6 Å². The molecule has 96 valence electrons. The minimum Gasteiger partial charge on any atom is -0.329 e. The molecule has 2 N–H and O–H groups in total. The zero-order valence-corrected chi connectivity index (χ0v) is 11.0. The average Bonchev–Trinajstić information content (AvgIpc) is 2.47. The van der Waals surface area contributed by atoms with Gasteiger partial charge in [0.05, 0.1) is 11.6 Å². The van der Waals surface area contributed by atoms with Crippen LogP contribution in [0.5, 0.6) is 0 Å². The van der Waals surface area contributed by atoms with Crippen LogP contribution >= 0.6 is 0 Å². The molecule has 1 fully saturated rings. The molecule has 2 rings (SSSR count). The van der Waals surface area contributed by atoms with E-state index in [1.54, 1.807) is 0 Å². The predicted octanol–water partition coefficient (Wildman–Crippen LogP) is 2.08. The van der Waals surface area contributed by atoms with E-state index in [1.165, 1.54) is 18.4 Å². The first-order valence-corrected chi connectivity index (χ1v) is 6.68. The summed E-state index contributed by atoms with van der Waals surface area (Å²) in [5.74, 6) is 0.638. The minimum atomic E-state index is 0.493. The van der Waals surface area contributed by atoms with E-state index in [4.69, 9.17) is 11.0 Å². The van der Waals surface area contributed by atoms with Crippen LogP contribution in [-0.4, -0.2) is 30.6 Å². The SMILES string of the molecule is CC(CN)N1CCC(c2ccc(C#N)cc2)CC1. The van der Waals surface area contributed by atoms with Crippen LogP contribution in [0.3, 0.4) is 0 Å². The Labute approximate surface area is 109 Å². The fourth-order valence-corrected chi connectivity index (χ4v) is 2.65. The van der Waals surface area contributed by atoms with Gasteiger partial charge in [0, 0.05) is 12.6 Å². The quantitative estimate of drug-likeness (QED) is 0.884. The Hall–Kier alpha value is -1.37. The Bertz CT molecular complexity index is 410. The number of benzene rings is 1. The average molecular weight is 243 g/mol. The minimum absolute atomic E-state index is 0.493. The molecule has 18 heavy (non-hydrogen) atoms. The maximum atomic E-state index is 8.79. The van der Waals surface area contributed by atoms with Gasteiger partial charge in [0.25, 0.3) is 0 Å². The van der Waals surface area contributed by atoms with Gasteiger partial charge in [-0.15, -0.1) is 0 Å². The zero-order chi connectivity index (χ0) is 13.0. The van der Waals surface area contributed by atoms with Crippen molar-refractivity contribution in [3.8, 4) is 6.07 Å². The first-order chi connectivity index (χ1) is 8.74. The molecule has 1 aliphatic rings. The predicted molar refractivity (Wildman–Crippen MR) is 73.2 cm³/mol. The van der Waals surface area contributed by atoms with E-state index in [1.807, 2.05) is 12.1 Å². The molecule has 1 heterocycles. The van der Waals surface area contributed by atoms with E-state index in [0.29, 0.717) is 12.0 Å². The van der Waals surface area contributed by atoms with Crippen molar-refractivity contribution in [1.29, 1.82) is 5.26 Å². The highest BCUT2D eigenvalue weighted by atomic mass is 15.2. The number of nitriles is 1. The summed E-state index contributed by atoms with van der Waals surface area (Å²) in [7, 11) is 0. The molecule has 0 aliphatic carbocycles. The summed E-state index contributed by atoms with van der Waals surface area (Å²) >= 11 is 0. The molecule has 0 saturated carbocycles. The molecule has 1 saturated heterocycles. The lowest BCUT2D eigenvalue weighted by Gasteiger charge is -2.35. The van der Waals surface area contributed by atoms with Gasteiger partial charge in [0.15, 0.2) is 0 Å². The molecule has 1 aliphatic heterocycles. The number of nitrogens with zero attached hydrogens (tertiary/aromatic N) is 2. The van der Waals surface area contributed by atoms with Crippen LogP contribution in [0.15, 0.2) is 24.3 Å². The normalized spacial score (nSPS) is 19.4. The second kappa shape index (κ2) is 5.99.